The number of anilines is 1. The molecule has 34 heavy (non-hydrogen) atoms. The zero-order valence-electron chi connectivity index (χ0n) is 19.2. The summed E-state index contributed by atoms with van der Waals surface area (Å²) in [5, 5.41) is 10.8. The fourth-order valence-electron chi connectivity index (χ4n) is 5.88. The first-order valence-electron chi connectivity index (χ1n) is 11.5. The molecule has 6 rings (SSSR count). The van der Waals surface area contributed by atoms with Gasteiger partial charge in [0.25, 0.3) is 0 Å². The molecule has 3 aliphatic rings. The fourth-order valence-corrected chi connectivity index (χ4v) is 5.88. The summed E-state index contributed by atoms with van der Waals surface area (Å²) >= 11 is 0. The number of ether oxygens (including phenoxy) is 4. The van der Waals surface area contributed by atoms with E-state index < -0.39 is 11.7 Å². The van der Waals surface area contributed by atoms with Gasteiger partial charge in [-0.25, -0.2) is 0 Å². The summed E-state index contributed by atoms with van der Waals surface area (Å²) in [4.78, 5) is 2.28. The molecule has 0 aliphatic carbocycles. The van der Waals surface area contributed by atoms with Crippen LogP contribution in [0.5, 0.6) is 11.5 Å². The van der Waals surface area contributed by atoms with Crippen LogP contribution >= 0.6 is 0 Å². The molecule has 3 heterocycles. The molecule has 0 spiro atoms. The molecule has 3 aromatic rings. The molecule has 6 nitrogen and oxygen atoms in total. The van der Waals surface area contributed by atoms with Crippen molar-refractivity contribution in [1.29, 1.82) is 5.26 Å². The first-order chi connectivity index (χ1) is 16.7. The van der Waals surface area contributed by atoms with Gasteiger partial charge in [0, 0.05) is 29.4 Å². The molecule has 0 amide bonds. The van der Waals surface area contributed by atoms with E-state index in [1.807, 2.05) is 60.7 Å². The van der Waals surface area contributed by atoms with Gasteiger partial charge in [-0.2, -0.15) is 5.26 Å². The maximum absolute atomic E-state index is 10.8. The van der Waals surface area contributed by atoms with Gasteiger partial charge in [-0.05, 0) is 18.1 Å². The van der Waals surface area contributed by atoms with Crippen LogP contribution in [0.1, 0.15) is 23.0 Å². The van der Waals surface area contributed by atoms with E-state index in [2.05, 4.69) is 23.1 Å². The van der Waals surface area contributed by atoms with Gasteiger partial charge in [-0.15, -0.1) is 0 Å². The number of hydrogen-bond donors (Lipinski definition) is 0. The minimum atomic E-state index is -0.829. The molecule has 6 heteroatoms. The number of hydrogen-bond acceptors (Lipinski definition) is 6. The summed E-state index contributed by atoms with van der Waals surface area (Å²) in [7, 11) is 3.26. The second-order valence-electron chi connectivity index (χ2n) is 9.08. The van der Waals surface area contributed by atoms with Gasteiger partial charge in [0.05, 0.1) is 26.3 Å². The molecule has 2 fully saturated rings. The Morgan fingerprint density at radius 3 is 2.32 bits per heavy atom. The molecule has 3 aromatic carbocycles. The molecule has 0 aromatic heterocycles. The molecular weight excluding hydrogens is 428 g/mol. The van der Waals surface area contributed by atoms with Crippen molar-refractivity contribution in [2.24, 2.45) is 0 Å². The van der Waals surface area contributed by atoms with E-state index in [4.69, 9.17) is 18.9 Å². The summed E-state index contributed by atoms with van der Waals surface area (Å²) in [5.41, 5.74) is 3.20. The quantitative estimate of drug-likeness (QED) is 0.570. The number of methoxy groups -OCH3 is 2. The Morgan fingerprint density at radius 2 is 1.65 bits per heavy atom. The third-order valence-corrected chi connectivity index (χ3v) is 7.36. The SMILES string of the molecule is COc1cc2c(cc1OC)[C@](C#N)(Cc1ccccc1)[C@H]1[C@@H]3OC(c4ccccc4)O[C@@H]3CN21. The van der Waals surface area contributed by atoms with Crippen molar-refractivity contribution in [3.63, 3.8) is 0 Å². The molecular formula is C28H26N2O4. The zero-order valence-corrected chi connectivity index (χ0v) is 19.2. The highest BCUT2D eigenvalue weighted by atomic mass is 16.7. The molecule has 1 unspecified atom stereocenters. The van der Waals surface area contributed by atoms with Crippen LogP contribution in [0.2, 0.25) is 0 Å². The maximum atomic E-state index is 10.8. The van der Waals surface area contributed by atoms with E-state index in [0.717, 1.165) is 22.4 Å². The third-order valence-electron chi connectivity index (χ3n) is 7.36. The Balaban J connectivity index is 1.46. The Hall–Kier alpha value is -3.53. The molecule has 172 valence electrons. The number of fused-ring (bicyclic) bond motifs is 5. The maximum Gasteiger partial charge on any atom is 0.184 e. The van der Waals surface area contributed by atoms with Crippen LogP contribution in [-0.4, -0.2) is 39.0 Å². The summed E-state index contributed by atoms with van der Waals surface area (Å²) in [6.07, 6.45) is -0.228. The van der Waals surface area contributed by atoms with Crippen molar-refractivity contribution < 1.29 is 18.9 Å². The lowest BCUT2D eigenvalue weighted by Crippen LogP contribution is -2.48. The van der Waals surface area contributed by atoms with Crippen molar-refractivity contribution in [1.82, 2.24) is 0 Å². The van der Waals surface area contributed by atoms with Gasteiger partial charge in [0.1, 0.15) is 17.6 Å². The van der Waals surface area contributed by atoms with Gasteiger partial charge in [-0.3, -0.25) is 0 Å². The van der Waals surface area contributed by atoms with Crippen LogP contribution in [-0.2, 0) is 21.3 Å². The van der Waals surface area contributed by atoms with E-state index in [-0.39, 0.29) is 18.2 Å². The summed E-state index contributed by atoms with van der Waals surface area (Å²) < 4.78 is 24.2. The van der Waals surface area contributed by atoms with Crippen LogP contribution in [0.4, 0.5) is 5.69 Å². The van der Waals surface area contributed by atoms with Gasteiger partial charge in [0.2, 0.25) is 0 Å². The van der Waals surface area contributed by atoms with Gasteiger partial charge in [0.15, 0.2) is 17.8 Å². The van der Waals surface area contributed by atoms with Crippen molar-refractivity contribution in [2.75, 3.05) is 25.7 Å². The number of nitriles is 1. The average molecular weight is 455 g/mol. The topological polar surface area (TPSA) is 64.0 Å². The Labute approximate surface area is 199 Å². The van der Waals surface area contributed by atoms with E-state index in [1.54, 1.807) is 14.2 Å². The molecule has 3 aliphatic heterocycles. The minimum absolute atomic E-state index is 0.125. The van der Waals surface area contributed by atoms with Crippen molar-refractivity contribution in [3.05, 3.63) is 89.5 Å². The third kappa shape index (κ3) is 3.01. The Morgan fingerprint density at radius 1 is 0.971 bits per heavy atom. The van der Waals surface area contributed by atoms with Crippen molar-refractivity contribution in [2.45, 2.75) is 36.4 Å². The predicted octanol–water partition coefficient (Wildman–Crippen LogP) is 4.39. The smallest absolute Gasteiger partial charge is 0.184 e. The Bertz CT molecular complexity index is 1240. The van der Waals surface area contributed by atoms with Crippen molar-refractivity contribution >= 4 is 5.69 Å². The second-order valence-corrected chi connectivity index (χ2v) is 9.08. The normalized spacial score (nSPS) is 28.7. The summed E-state index contributed by atoms with van der Waals surface area (Å²) in [5.74, 6) is 1.27. The van der Waals surface area contributed by atoms with Crippen molar-refractivity contribution in [3.8, 4) is 17.6 Å². The van der Waals surface area contributed by atoms with Crippen LogP contribution < -0.4 is 14.4 Å². The monoisotopic (exact) mass is 454 g/mol. The highest BCUT2D eigenvalue weighted by Gasteiger charge is 2.63. The first-order valence-corrected chi connectivity index (χ1v) is 11.5. The molecule has 0 N–H and O–H groups in total. The number of rotatable bonds is 5. The summed E-state index contributed by atoms with van der Waals surface area (Å²) in [6.45, 7) is 0.652. The van der Waals surface area contributed by atoms with E-state index >= 15 is 0 Å². The number of benzene rings is 3. The van der Waals surface area contributed by atoms with Gasteiger partial charge < -0.3 is 23.8 Å². The minimum Gasteiger partial charge on any atom is -0.493 e. The highest BCUT2D eigenvalue weighted by molar-refractivity contribution is 5.73. The van der Waals surface area contributed by atoms with E-state index in [9.17, 15) is 5.26 Å². The molecule has 0 radical (unpaired) electrons. The molecule has 0 bridgehead atoms. The zero-order chi connectivity index (χ0) is 23.3. The Kier molecular flexibility index (Phi) is 4.98. The second kappa shape index (κ2) is 8.05. The highest BCUT2D eigenvalue weighted by Crippen LogP contribution is 2.56. The summed E-state index contributed by atoms with van der Waals surface area (Å²) in [6, 6.07) is 26.7. The van der Waals surface area contributed by atoms with E-state index in [1.165, 1.54) is 0 Å². The van der Waals surface area contributed by atoms with E-state index in [0.29, 0.717) is 24.5 Å². The number of nitrogens with zero attached hydrogens (tertiary/aromatic N) is 2. The lowest BCUT2D eigenvalue weighted by Gasteiger charge is -2.33. The first kappa shape index (κ1) is 21.0. The lowest BCUT2D eigenvalue weighted by molar-refractivity contribution is -0.0769. The van der Waals surface area contributed by atoms with Crippen LogP contribution in [0.3, 0.4) is 0 Å². The van der Waals surface area contributed by atoms with Gasteiger partial charge >= 0.3 is 0 Å². The van der Waals surface area contributed by atoms with Crippen LogP contribution in [0, 0.1) is 11.3 Å². The molecule has 2 saturated heterocycles. The van der Waals surface area contributed by atoms with Crippen LogP contribution in [0.25, 0.3) is 0 Å². The van der Waals surface area contributed by atoms with Crippen LogP contribution in [0.15, 0.2) is 72.8 Å². The molecule has 0 saturated carbocycles. The molecule has 5 atom stereocenters. The van der Waals surface area contributed by atoms with Gasteiger partial charge in [-0.1, -0.05) is 60.7 Å². The predicted molar refractivity (Wildman–Crippen MR) is 127 cm³/mol. The lowest BCUT2D eigenvalue weighted by atomic mass is 9.71. The fraction of sp³-hybridized carbons (Fsp3) is 0.321. The largest absolute Gasteiger partial charge is 0.493 e. The average Bonchev–Trinajstić information content (AvgIpc) is 3.53. The standard InChI is InChI=1S/C28H26N2O4/c1-31-22-13-20-21(14-23(22)32-2)30-16-24-25(34-27(33-24)19-11-7-4-8-12-19)26(30)28(20,17-29)15-18-9-5-3-6-10-18/h3-14,24-27H,15-16H2,1-2H3/t24-,25-,26-,27?,28-/m1/s1.